The molecule has 7 nitrogen and oxygen atoms in total. The lowest BCUT2D eigenvalue weighted by molar-refractivity contribution is -0.147. The van der Waals surface area contributed by atoms with E-state index >= 15 is 0 Å². The van der Waals surface area contributed by atoms with Crippen molar-refractivity contribution in [2.24, 2.45) is 16.8 Å². The fraction of sp³-hybridized carbons (Fsp3) is 0.600. The Bertz CT molecular complexity index is 536. The van der Waals surface area contributed by atoms with Crippen molar-refractivity contribution < 1.29 is 23.9 Å². The fourth-order valence-electron chi connectivity index (χ4n) is 2.41. The molecule has 0 aromatic heterocycles. The average molecular weight is 310 g/mol. The number of aliphatic imine (C=N–C) groups is 1. The van der Waals surface area contributed by atoms with Crippen LogP contribution in [0.3, 0.4) is 0 Å². The first kappa shape index (κ1) is 17.9. The number of hydrogen-bond acceptors (Lipinski definition) is 6. The molecule has 22 heavy (non-hydrogen) atoms. The van der Waals surface area contributed by atoms with Crippen molar-refractivity contribution in [3.05, 3.63) is 11.4 Å². The summed E-state index contributed by atoms with van der Waals surface area (Å²) in [5.74, 6) is -2.43. The maximum atomic E-state index is 12.2. The molecule has 122 valence electrons. The molecule has 0 spiro atoms. The van der Waals surface area contributed by atoms with Crippen molar-refractivity contribution in [1.82, 2.24) is 5.32 Å². The summed E-state index contributed by atoms with van der Waals surface area (Å²) in [6.07, 6.45) is 0. The zero-order valence-electron chi connectivity index (χ0n) is 13.6. The van der Waals surface area contributed by atoms with E-state index in [0.717, 1.165) is 0 Å². The first-order chi connectivity index (χ1) is 10.3. The van der Waals surface area contributed by atoms with Gasteiger partial charge in [0.05, 0.1) is 18.8 Å². The third-order valence-electron chi connectivity index (χ3n) is 3.28. The van der Waals surface area contributed by atoms with Crippen LogP contribution in [-0.2, 0) is 23.9 Å². The summed E-state index contributed by atoms with van der Waals surface area (Å²) in [5, 5.41) is 2.52. The van der Waals surface area contributed by atoms with Gasteiger partial charge in [0.2, 0.25) is 5.91 Å². The molecule has 1 heterocycles. The summed E-state index contributed by atoms with van der Waals surface area (Å²) < 4.78 is 10.1. The Hall–Kier alpha value is -2.18. The average Bonchev–Trinajstić information content (AvgIpc) is 2.37. The van der Waals surface area contributed by atoms with Gasteiger partial charge in [-0.1, -0.05) is 6.92 Å². The maximum Gasteiger partial charge on any atom is 0.338 e. The molecule has 1 aliphatic heterocycles. The number of ether oxygens (including phenoxy) is 2. The second-order valence-corrected chi connectivity index (χ2v) is 4.94. The number of nitrogens with one attached hydrogen (secondary N) is 1. The molecule has 1 amide bonds. The summed E-state index contributed by atoms with van der Waals surface area (Å²) in [4.78, 5) is 39.8. The lowest BCUT2D eigenvalue weighted by Gasteiger charge is -2.29. The second-order valence-electron chi connectivity index (χ2n) is 4.94. The van der Waals surface area contributed by atoms with Crippen LogP contribution in [0.5, 0.6) is 0 Å². The standard InChI is InChI=1S/C15H22N2O5/c1-6-21-14(19)11-8(3)12(15(20)22-7-2)13(16-9(11)4)17-10(5)18/h8,11H,6-7H2,1-5H3,(H,17,18). The number of hydrogen-bond donors (Lipinski definition) is 1. The molecule has 1 aliphatic rings. The lowest BCUT2D eigenvalue weighted by Crippen LogP contribution is -2.39. The molecule has 0 aromatic carbocycles. The number of nitrogens with zero attached hydrogens (tertiary/aromatic N) is 1. The number of amides is 1. The molecule has 1 rings (SSSR count). The van der Waals surface area contributed by atoms with Crippen molar-refractivity contribution in [3.63, 3.8) is 0 Å². The predicted molar refractivity (Wildman–Crippen MR) is 79.9 cm³/mol. The van der Waals surface area contributed by atoms with Gasteiger partial charge in [-0.25, -0.2) is 9.79 Å². The van der Waals surface area contributed by atoms with Crippen LogP contribution in [0.2, 0.25) is 0 Å². The summed E-state index contributed by atoms with van der Waals surface area (Å²) in [7, 11) is 0. The van der Waals surface area contributed by atoms with E-state index in [1.54, 1.807) is 27.7 Å². The molecule has 7 heteroatoms. The molecule has 2 atom stereocenters. The van der Waals surface area contributed by atoms with E-state index in [1.165, 1.54) is 6.92 Å². The molecule has 0 aliphatic carbocycles. The van der Waals surface area contributed by atoms with Gasteiger partial charge in [-0.3, -0.25) is 9.59 Å². The highest BCUT2D eigenvalue weighted by molar-refractivity contribution is 6.06. The zero-order chi connectivity index (χ0) is 16.9. The van der Waals surface area contributed by atoms with Crippen molar-refractivity contribution in [3.8, 4) is 0 Å². The number of carbonyl (C=O) groups is 3. The van der Waals surface area contributed by atoms with Crippen molar-refractivity contribution in [2.45, 2.75) is 34.6 Å². The third-order valence-corrected chi connectivity index (χ3v) is 3.28. The van der Waals surface area contributed by atoms with Gasteiger partial charge in [-0.15, -0.1) is 0 Å². The predicted octanol–water partition coefficient (Wildman–Crippen LogP) is 1.19. The molecule has 1 N–H and O–H groups in total. The van der Waals surface area contributed by atoms with Gasteiger partial charge >= 0.3 is 11.9 Å². The van der Waals surface area contributed by atoms with Gasteiger partial charge in [0.1, 0.15) is 11.7 Å². The van der Waals surface area contributed by atoms with Crippen LogP contribution in [-0.4, -0.2) is 36.8 Å². The monoisotopic (exact) mass is 310 g/mol. The van der Waals surface area contributed by atoms with E-state index < -0.39 is 23.8 Å². The van der Waals surface area contributed by atoms with Gasteiger partial charge < -0.3 is 14.8 Å². The van der Waals surface area contributed by atoms with E-state index in [4.69, 9.17) is 9.47 Å². The Balaban J connectivity index is 3.27. The zero-order valence-corrected chi connectivity index (χ0v) is 13.6. The van der Waals surface area contributed by atoms with Crippen LogP contribution in [0.1, 0.15) is 34.6 Å². The van der Waals surface area contributed by atoms with Crippen LogP contribution in [0.4, 0.5) is 0 Å². The molecule has 0 bridgehead atoms. The first-order valence-corrected chi connectivity index (χ1v) is 7.24. The Labute approximate surface area is 129 Å². The van der Waals surface area contributed by atoms with Crippen LogP contribution in [0.15, 0.2) is 16.4 Å². The Kier molecular flexibility index (Phi) is 6.27. The van der Waals surface area contributed by atoms with Gasteiger partial charge in [0.25, 0.3) is 0 Å². The van der Waals surface area contributed by atoms with Crippen molar-refractivity contribution >= 4 is 23.6 Å². The van der Waals surface area contributed by atoms with Gasteiger partial charge in [-0.05, 0) is 20.8 Å². The van der Waals surface area contributed by atoms with Crippen molar-refractivity contribution in [1.29, 1.82) is 0 Å². The maximum absolute atomic E-state index is 12.2. The van der Waals surface area contributed by atoms with Crippen LogP contribution < -0.4 is 5.32 Å². The third kappa shape index (κ3) is 3.93. The minimum atomic E-state index is -0.670. The van der Waals surface area contributed by atoms with E-state index in [0.29, 0.717) is 5.71 Å². The quantitative estimate of drug-likeness (QED) is 0.770. The van der Waals surface area contributed by atoms with E-state index in [9.17, 15) is 14.4 Å². The van der Waals surface area contributed by atoms with Gasteiger partial charge in [0.15, 0.2) is 0 Å². The fourth-order valence-corrected chi connectivity index (χ4v) is 2.41. The first-order valence-electron chi connectivity index (χ1n) is 7.24. The topological polar surface area (TPSA) is 94.1 Å². The Morgan fingerprint density at radius 3 is 2.27 bits per heavy atom. The molecule has 0 fully saturated rings. The summed E-state index contributed by atoms with van der Waals surface area (Å²) in [5.41, 5.74) is 0.670. The highest BCUT2D eigenvalue weighted by atomic mass is 16.5. The Morgan fingerprint density at radius 1 is 1.18 bits per heavy atom. The number of rotatable bonds is 5. The molecule has 0 radical (unpaired) electrons. The van der Waals surface area contributed by atoms with E-state index in [2.05, 4.69) is 10.3 Å². The molecule has 2 unspecified atom stereocenters. The Morgan fingerprint density at radius 2 is 1.77 bits per heavy atom. The molecular weight excluding hydrogens is 288 g/mol. The normalized spacial score (nSPS) is 21.0. The van der Waals surface area contributed by atoms with Crippen LogP contribution in [0.25, 0.3) is 0 Å². The second kappa shape index (κ2) is 7.72. The molecule has 0 saturated heterocycles. The minimum Gasteiger partial charge on any atom is -0.465 e. The molecule has 0 aromatic rings. The summed E-state index contributed by atoms with van der Waals surface area (Å²) in [6.45, 7) is 8.53. The molecular formula is C15H22N2O5. The van der Waals surface area contributed by atoms with Crippen molar-refractivity contribution in [2.75, 3.05) is 13.2 Å². The molecule has 0 saturated carbocycles. The number of carbonyl (C=O) groups excluding carboxylic acids is 3. The van der Waals surface area contributed by atoms with Crippen LogP contribution in [0, 0.1) is 11.8 Å². The highest BCUT2D eigenvalue weighted by Crippen LogP contribution is 2.31. The summed E-state index contributed by atoms with van der Waals surface area (Å²) >= 11 is 0. The van der Waals surface area contributed by atoms with E-state index in [1.807, 2.05) is 0 Å². The van der Waals surface area contributed by atoms with E-state index in [-0.39, 0.29) is 30.5 Å². The summed E-state index contributed by atoms with van der Waals surface area (Å²) in [6, 6.07) is 0. The van der Waals surface area contributed by atoms with Gasteiger partial charge in [-0.2, -0.15) is 0 Å². The minimum absolute atomic E-state index is 0.136. The SMILES string of the molecule is CCOC(=O)C1=C(NC(C)=O)N=C(C)C(C(=O)OCC)C1C. The number of esters is 2. The van der Waals surface area contributed by atoms with Gasteiger partial charge in [0, 0.05) is 18.6 Å². The van der Waals surface area contributed by atoms with Crippen LogP contribution >= 0.6 is 0 Å². The smallest absolute Gasteiger partial charge is 0.338 e. The largest absolute Gasteiger partial charge is 0.465 e. The lowest BCUT2D eigenvalue weighted by atomic mass is 9.82. The highest BCUT2D eigenvalue weighted by Gasteiger charge is 2.39.